The standard InChI is InChI=1S/C21H18F3N5OS/c22-21(23,24)14-6-3-7-15(10-14)26-19(31)16-17(25)27-20(28-18(16)30)29-9-8-12-4-1-2-5-13(12)11-29/h1-7,10H,8-9,11H2,(H,26,31)(H3,25,27,28,30). The predicted octanol–water partition coefficient (Wildman–Crippen LogP) is 3.72. The number of rotatable bonds is 3. The summed E-state index contributed by atoms with van der Waals surface area (Å²) in [5, 5.41) is 2.64. The van der Waals surface area contributed by atoms with Crippen molar-refractivity contribution >= 4 is 34.7 Å². The average Bonchev–Trinajstić information content (AvgIpc) is 2.72. The third-order valence-corrected chi connectivity index (χ3v) is 5.35. The van der Waals surface area contributed by atoms with Gasteiger partial charge < -0.3 is 16.0 Å². The summed E-state index contributed by atoms with van der Waals surface area (Å²) in [6, 6.07) is 12.5. The molecule has 0 radical (unpaired) electrons. The fourth-order valence-corrected chi connectivity index (χ4v) is 3.81. The lowest BCUT2D eigenvalue weighted by Crippen LogP contribution is -2.35. The third kappa shape index (κ3) is 4.38. The van der Waals surface area contributed by atoms with Crippen LogP contribution in [-0.4, -0.2) is 21.5 Å². The minimum atomic E-state index is -4.49. The van der Waals surface area contributed by atoms with E-state index in [2.05, 4.69) is 21.4 Å². The molecule has 0 atom stereocenters. The Morgan fingerprint density at radius 3 is 2.61 bits per heavy atom. The largest absolute Gasteiger partial charge is 0.416 e. The molecule has 2 heterocycles. The zero-order chi connectivity index (χ0) is 22.2. The number of anilines is 3. The first-order valence-corrected chi connectivity index (χ1v) is 9.83. The van der Waals surface area contributed by atoms with Crippen LogP contribution in [0.25, 0.3) is 0 Å². The number of hydrogen-bond acceptors (Lipinski definition) is 5. The molecule has 6 nitrogen and oxygen atoms in total. The molecule has 1 aliphatic rings. The molecule has 31 heavy (non-hydrogen) atoms. The molecule has 0 amide bonds. The summed E-state index contributed by atoms with van der Waals surface area (Å²) in [4.78, 5) is 21.5. The minimum Gasteiger partial charge on any atom is -0.383 e. The molecule has 1 aromatic heterocycles. The molecule has 0 bridgehead atoms. The van der Waals surface area contributed by atoms with Gasteiger partial charge in [0, 0.05) is 18.8 Å². The van der Waals surface area contributed by atoms with Crippen LogP contribution in [0, 0.1) is 0 Å². The van der Waals surface area contributed by atoms with Crippen LogP contribution in [-0.2, 0) is 19.1 Å². The van der Waals surface area contributed by atoms with Crippen LogP contribution in [0.15, 0.2) is 53.3 Å². The lowest BCUT2D eigenvalue weighted by atomic mass is 10.0. The summed E-state index contributed by atoms with van der Waals surface area (Å²) < 4.78 is 38.8. The fraction of sp³-hybridized carbons (Fsp3) is 0.190. The van der Waals surface area contributed by atoms with Crippen LogP contribution in [0.3, 0.4) is 0 Å². The maximum Gasteiger partial charge on any atom is 0.416 e. The molecule has 160 valence electrons. The van der Waals surface area contributed by atoms with Crippen molar-refractivity contribution < 1.29 is 13.2 Å². The maximum atomic E-state index is 12.9. The zero-order valence-electron chi connectivity index (χ0n) is 16.2. The molecule has 0 saturated heterocycles. The third-order valence-electron chi connectivity index (χ3n) is 5.04. The number of aromatic nitrogens is 2. The minimum absolute atomic E-state index is 0.0893. The van der Waals surface area contributed by atoms with Crippen molar-refractivity contribution in [1.82, 2.24) is 9.97 Å². The van der Waals surface area contributed by atoms with E-state index in [9.17, 15) is 18.0 Å². The Balaban J connectivity index is 1.57. The molecule has 4 rings (SSSR count). The first-order valence-electron chi connectivity index (χ1n) is 9.42. The highest BCUT2D eigenvalue weighted by atomic mass is 32.1. The Morgan fingerprint density at radius 1 is 1.16 bits per heavy atom. The van der Waals surface area contributed by atoms with E-state index in [1.165, 1.54) is 17.7 Å². The van der Waals surface area contributed by atoms with E-state index >= 15 is 0 Å². The van der Waals surface area contributed by atoms with Gasteiger partial charge in [-0.05, 0) is 35.7 Å². The topological polar surface area (TPSA) is 87.0 Å². The van der Waals surface area contributed by atoms with Crippen LogP contribution < -0.4 is 21.5 Å². The molecule has 4 N–H and O–H groups in total. The molecule has 0 fully saturated rings. The molecule has 0 unspecified atom stereocenters. The summed E-state index contributed by atoms with van der Waals surface area (Å²) in [5.74, 6) is 0.227. The Morgan fingerprint density at radius 2 is 1.90 bits per heavy atom. The first kappa shape index (κ1) is 20.9. The normalized spacial score (nSPS) is 13.6. The SMILES string of the molecule is Nc1nc(N2CCc3ccccc3C2)[nH]c(=O)c1C(=S)Nc1cccc(C(F)(F)F)c1. The summed E-state index contributed by atoms with van der Waals surface area (Å²) in [7, 11) is 0. The molecular weight excluding hydrogens is 427 g/mol. The molecule has 0 aliphatic carbocycles. The van der Waals surface area contributed by atoms with Crippen LogP contribution in [0.1, 0.15) is 22.3 Å². The highest BCUT2D eigenvalue weighted by molar-refractivity contribution is 7.81. The van der Waals surface area contributed by atoms with Crippen molar-refractivity contribution in [2.24, 2.45) is 0 Å². The number of hydrogen-bond donors (Lipinski definition) is 3. The molecule has 2 aromatic carbocycles. The number of aromatic amines is 1. The van der Waals surface area contributed by atoms with E-state index in [-0.39, 0.29) is 22.1 Å². The lowest BCUT2D eigenvalue weighted by Gasteiger charge is -2.29. The molecule has 10 heteroatoms. The second-order valence-electron chi connectivity index (χ2n) is 7.12. The van der Waals surface area contributed by atoms with Crippen LogP contribution in [0.2, 0.25) is 0 Å². The lowest BCUT2D eigenvalue weighted by molar-refractivity contribution is -0.137. The number of H-pyrrole nitrogens is 1. The van der Waals surface area contributed by atoms with E-state index in [1.807, 2.05) is 23.1 Å². The van der Waals surface area contributed by atoms with Gasteiger partial charge in [-0.3, -0.25) is 9.78 Å². The van der Waals surface area contributed by atoms with E-state index in [1.54, 1.807) is 0 Å². The summed E-state index contributed by atoms with van der Waals surface area (Å²) >= 11 is 5.22. The van der Waals surface area contributed by atoms with Gasteiger partial charge in [0.25, 0.3) is 5.56 Å². The van der Waals surface area contributed by atoms with Crippen LogP contribution >= 0.6 is 12.2 Å². The molecule has 1 aliphatic heterocycles. The van der Waals surface area contributed by atoms with E-state index in [0.29, 0.717) is 19.0 Å². The smallest absolute Gasteiger partial charge is 0.383 e. The maximum absolute atomic E-state index is 12.9. The molecule has 3 aromatic rings. The highest BCUT2D eigenvalue weighted by Gasteiger charge is 2.30. The van der Waals surface area contributed by atoms with Gasteiger partial charge in [-0.15, -0.1) is 0 Å². The quantitative estimate of drug-likeness (QED) is 0.533. The van der Waals surface area contributed by atoms with Gasteiger partial charge in [0.15, 0.2) is 0 Å². The number of halogens is 3. The highest BCUT2D eigenvalue weighted by Crippen LogP contribution is 2.31. The van der Waals surface area contributed by atoms with Gasteiger partial charge in [0.1, 0.15) is 16.4 Å². The van der Waals surface area contributed by atoms with E-state index < -0.39 is 17.3 Å². The summed E-state index contributed by atoms with van der Waals surface area (Å²) in [6.45, 7) is 1.23. The van der Waals surface area contributed by atoms with Crippen molar-refractivity contribution in [2.45, 2.75) is 19.1 Å². The van der Waals surface area contributed by atoms with Gasteiger partial charge in [-0.25, -0.2) is 0 Å². The van der Waals surface area contributed by atoms with Crippen molar-refractivity contribution in [1.29, 1.82) is 0 Å². The zero-order valence-corrected chi connectivity index (χ0v) is 17.0. The molecule has 0 saturated carbocycles. The van der Waals surface area contributed by atoms with Gasteiger partial charge in [0.05, 0.1) is 5.56 Å². The van der Waals surface area contributed by atoms with Gasteiger partial charge in [-0.2, -0.15) is 18.2 Å². The number of nitrogens with one attached hydrogen (secondary N) is 2. The Kier molecular flexibility index (Phi) is 5.40. The Bertz CT molecular complexity index is 1210. The van der Waals surface area contributed by atoms with Crippen molar-refractivity contribution in [3.05, 3.63) is 81.1 Å². The number of nitrogens with zero attached hydrogens (tertiary/aromatic N) is 2. The molecule has 0 spiro atoms. The number of thiocarbonyl (C=S) groups is 1. The van der Waals surface area contributed by atoms with E-state index in [4.69, 9.17) is 18.0 Å². The van der Waals surface area contributed by atoms with Crippen molar-refractivity contribution in [2.75, 3.05) is 22.5 Å². The number of nitrogen functional groups attached to an aromatic ring is 1. The van der Waals surface area contributed by atoms with Crippen LogP contribution in [0.4, 0.5) is 30.6 Å². The second kappa shape index (κ2) is 8.03. The summed E-state index contributed by atoms with van der Waals surface area (Å²) in [5.41, 5.74) is 7.01. The summed E-state index contributed by atoms with van der Waals surface area (Å²) in [6.07, 6.45) is -3.69. The predicted molar refractivity (Wildman–Crippen MR) is 117 cm³/mol. The van der Waals surface area contributed by atoms with Gasteiger partial charge >= 0.3 is 6.18 Å². The Hall–Kier alpha value is -3.40. The second-order valence-corrected chi connectivity index (χ2v) is 7.53. The first-order chi connectivity index (χ1) is 14.7. The number of fused-ring (bicyclic) bond motifs is 1. The van der Waals surface area contributed by atoms with Gasteiger partial charge in [0.2, 0.25) is 5.95 Å². The number of alkyl halides is 3. The monoisotopic (exact) mass is 445 g/mol. The van der Waals surface area contributed by atoms with Crippen molar-refractivity contribution in [3.8, 4) is 0 Å². The Labute approximate surface area is 180 Å². The average molecular weight is 445 g/mol. The molecular formula is C21H18F3N5OS. The van der Waals surface area contributed by atoms with Crippen molar-refractivity contribution in [3.63, 3.8) is 0 Å². The van der Waals surface area contributed by atoms with Crippen LogP contribution in [0.5, 0.6) is 0 Å². The fourth-order valence-electron chi connectivity index (χ4n) is 3.49. The van der Waals surface area contributed by atoms with Gasteiger partial charge in [-0.1, -0.05) is 42.5 Å². The number of nitrogens with two attached hydrogens (primary N) is 1. The van der Waals surface area contributed by atoms with E-state index in [0.717, 1.165) is 24.1 Å². The number of benzene rings is 2.